The first kappa shape index (κ1) is 17.4. The van der Waals surface area contributed by atoms with Gasteiger partial charge in [-0.3, -0.25) is 4.79 Å². The minimum atomic E-state index is -0.0446. The average Bonchev–Trinajstić information content (AvgIpc) is 3.18. The molecule has 0 aliphatic carbocycles. The van der Waals surface area contributed by atoms with Crippen molar-refractivity contribution in [3.8, 4) is 16.9 Å². The van der Waals surface area contributed by atoms with Crippen LogP contribution in [0.5, 0.6) is 0 Å². The van der Waals surface area contributed by atoms with Gasteiger partial charge in [0.2, 0.25) is 0 Å². The molecule has 4 nitrogen and oxygen atoms in total. The lowest BCUT2D eigenvalue weighted by Gasteiger charge is -2.07. The zero-order valence-corrected chi connectivity index (χ0v) is 16.2. The van der Waals surface area contributed by atoms with Crippen LogP contribution in [0.4, 0.5) is 0 Å². The molecule has 0 unspecified atom stereocenters. The lowest BCUT2D eigenvalue weighted by molar-refractivity contribution is 0.103. The molecule has 0 bridgehead atoms. The Bertz CT molecular complexity index is 1120. The molecule has 5 heteroatoms. The molecule has 0 amide bonds. The summed E-state index contributed by atoms with van der Waals surface area (Å²) >= 11 is 3.42. The molecule has 4 aromatic rings. The van der Waals surface area contributed by atoms with Crippen molar-refractivity contribution in [1.29, 1.82) is 0 Å². The quantitative estimate of drug-likeness (QED) is 0.426. The molecule has 3 aromatic carbocycles. The van der Waals surface area contributed by atoms with Crippen LogP contribution in [0.25, 0.3) is 16.9 Å². The molecule has 4 rings (SSSR count). The summed E-state index contributed by atoms with van der Waals surface area (Å²) in [5, 5.41) is 8.52. The normalized spacial score (nSPS) is 10.7. The molecule has 0 aliphatic rings. The number of ketones is 1. The third kappa shape index (κ3) is 3.59. The van der Waals surface area contributed by atoms with Gasteiger partial charge in [-0.05, 0) is 31.2 Å². The molecule has 0 saturated heterocycles. The van der Waals surface area contributed by atoms with Gasteiger partial charge >= 0.3 is 0 Å². The number of aromatic nitrogens is 3. The van der Waals surface area contributed by atoms with Crippen molar-refractivity contribution in [3.63, 3.8) is 0 Å². The van der Waals surface area contributed by atoms with Gasteiger partial charge in [0.1, 0.15) is 5.69 Å². The maximum absolute atomic E-state index is 13.0. The van der Waals surface area contributed by atoms with Gasteiger partial charge in [0.15, 0.2) is 5.78 Å². The van der Waals surface area contributed by atoms with Crippen molar-refractivity contribution in [2.45, 2.75) is 6.92 Å². The monoisotopic (exact) mass is 417 g/mol. The number of nitrogens with zero attached hydrogens (tertiary/aromatic N) is 3. The molecule has 132 valence electrons. The highest BCUT2D eigenvalue weighted by Gasteiger charge is 2.17. The number of aryl methyl sites for hydroxylation is 1. The summed E-state index contributed by atoms with van der Waals surface area (Å²) in [4.78, 5) is 13.0. The standard InChI is InChI=1S/C22H16BrN3O/c1-15-9-11-18(12-10-15)26-14-21(24-25-26)19-7-2-3-8-20(19)22(27)16-5-4-6-17(23)13-16/h2-14H,1H3. The molecule has 0 N–H and O–H groups in total. The first-order valence-corrected chi connectivity index (χ1v) is 9.30. The molecule has 0 saturated carbocycles. The Labute approximate surface area is 165 Å². The van der Waals surface area contributed by atoms with Crippen molar-refractivity contribution >= 4 is 21.7 Å². The highest BCUT2D eigenvalue weighted by atomic mass is 79.9. The van der Waals surface area contributed by atoms with Crippen LogP contribution in [-0.2, 0) is 0 Å². The van der Waals surface area contributed by atoms with Crippen LogP contribution < -0.4 is 0 Å². The van der Waals surface area contributed by atoms with Gasteiger partial charge in [-0.25, -0.2) is 4.68 Å². The number of rotatable bonds is 4. The number of hydrogen-bond donors (Lipinski definition) is 0. The van der Waals surface area contributed by atoms with Gasteiger partial charge in [0.25, 0.3) is 0 Å². The topological polar surface area (TPSA) is 47.8 Å². The predicted octanol–water partition coefficient (Wildman–Crippen LogP) is 5.24. The molecular formula is C22H16BrN3O. The molecule has 0 aliphatic heterocycles. The zero-order chi connectivity index (χ0) is 18.8. The van der Waals surface area contributed by atoms with Gasteiger partial charge in [-0.1, -0.05) is 75.2 Å². The maximum Gasteiger partial charge on any atom is 0.193 e. The lowest BCUT2D eigenvalue weighted by atomic mass is 9.97. The molecular weight excluding hydrogens is 402 g/mol. The highest BCUT2D eigenvalue weighted by Crippen LogP contribution is 2.25. The minimum absolute atomic E-state index is 0.0446. The van der Waals surface area contributed by atoms with E-state index in [0.29, 0.717) is 16.8 Å². The van der Waals surface area contributed by atoms with E-state index < -0.39 is 0 Å². The molecule has 1 aromatic heterocycles. The molecule has 0 fully saturated rings. The molecule has 27 heavy (non-hydrogen) atoms. The Balaban J connectivity index is 1.73. The second-order valence-electron chi connectivity index (χ2n) is 6.27. The van der Waals surface area contributed by atoms with E-state index in [1.807, 2.05) is 85.9 Å². The van der Waals surface area contributed by atoms with Gasteiger partial charge in [-0.2, -0.15) is 0 Å². The van der Waals surface area contributed by atoms with E-state index in [2.05, 4.69) is 26.2 Å². The zero-order valence-electron chi connectivity index (χ0n) is 14.6. The van der Waals surface area contributed by atoms with Gasteiger partial charge < -0.3 is 0 Å². The van der Waals surface area contributed by atoms with Crippen LogP contribution in [0.15, 0.2) is 83.5 Å². The Morgan fingerprint density at radius 3 is 2.52 bits per heavy atom. The summed E-state index contributed by atoms with van der Waals surface area (Å²) in [6.07, 6.45) is 1.84. The van der Waals surface area contributed by atoms with Crippen LogP contribution in [0.1, 0.15) is 21.5 Å². The van der Waals surface area contributed by atoms with Crippen molar-refractivity contribution in [1.82, 2.24) is 15.0 Å². The second-order valence-corrected chi connectivity index (χ2v) is 7.18. The highest BCUT2D eigenvalue weighted by molar-refractivity contribution is 9.10. The van der Waals surface area contributed by atoms with Crippen LogP contribution in [0.2, 0.25) is 0 Å². The van der Waals surface area contributed by atoms with Gasteiger partial charge in [-0.15, -0.1) is 5.10 Å². The van der Waals surface area contributed by atoms with E-state index in [1.165, 1.54) is 5.56 Å². The summed E-state index contributed by atoms with van der Waals surface area (Å²) in [6.45, 7) is 2.04. The van der Waals surface area contributed by atoms with Crippen LogP contribution in [0.3, 0.4) is 0 Å². The largest absolute Gasteiger partial charge is 0.289 e. The van der Waals surface area contributed by atoms with E-state index in [9.17, 15) is 4.79 Å². The van der Waals surface area contributed by atoms with E-state index in [1.54, 1.807) is 4.68 Å². The van der Waals surface area contributed by atoms with Crippen molar-refractivity contribution in [2.24, 2.45) is 0 Å². The lowest BCUT2D eigenvalue weighted by Crippen LogP contribution is -2.03. The Hall–Kier alpha value is -3.05. The van der Waals surface area contributed by atoms with E-state index >= 15 is 0 Å². The SMILES string of the molecule is Cc1ccc(-n2cc(-c3ccccc3C(=O)c3cccc(Br)c3)nn2)cc1. The first-order valence-electron chi connectivity index (χ1n) is 8.51. The van der Waals surface area contributed by atoms with Gasteiger partial charge in [0, 0.05) is 21.2 Å². The molecule has 0 atom stereocenters. The van der Waals surface area contributed by atoms with Crippen molar-refractivity contribution in [2.75, 3.05) is 0 Å². The number of benzene rings is 3. The van der Waals surface area contributed by atoms with Crippen LogP contribution in [-0.4, -0.2) is 20.8 Å². The van der Waals surface area contributed by atoms with Crippen LogP contribution >= 0.6 is 15.9 Å². The smallest absolute Gasteiger partial charge is 0.193 e. The van der Waals surface area contributed by atoms with Crippen molar-refractivity contribution in [3.05, 3.63) is 100 Å². The van der Waals surface area contributed by atoms with Gasteiger partial charge in [0.05, 0.1) is 11.9 Å². The maximum atomic E-state index is 13.0. The third-order valence-electron chi connectivity index (χ3n) is 4.33. The molecule has 1 heterocycles. The van der Waals surface area contributed by atoms with E-state index in [0.717, 1.165) is 15.7 Å². The number of carbonyl (C=O) groups is 1. The predicted molar refractivity (Wildman–Crippen MR) is 109 cm³/mol. The molecule has 0 spiro atoms. The van der Waals surface area contributed by atoms with Crippen LogP contribution in [0, 0.1) is 6.92 Å². The summed E-state index contributed by atoms with van der Waals surface area (Å²) in [6, 6.07) is 22.9. The van der Waals surface area contributed by atoms with E-state index in [-0.39, 0.29) is 5.78 Å². The fraction of sp³-hybridized carbons (Fsp3) is 0.0455. The Morgan fingerprint density at radius 2 is 1.74 bits per heavy atom. The summed E-state index contributed by atoms with van der Waals surface area (Å²) in [5.41, 5.74) is 4.77. The number of halogens is 1. The number of hydrogen-bond acceptors (Lipinski definition) is 3. The molecule has 0 radical (unpaired) electrons. The Morgan fingerprint density at radius 1 is 0.963 bits per heavy atom. The fourth-order valence-corrected chi connectivity index (χ4v) is 3.30. The summed E-state index contributed by atoms with van der Waals surface area (Å²) < 4.78 is 2.59. The van der Waals surface area contributed by atoms with E-state index in [4.69, 9.17) is 0 Å². The summed E-state index contributed by atoms with van der Waals surface area (Å²) in [5.74, 6) is -0.0446. The average molecular weight is 418 g/mol. The fourth-order valence-electron chi connectivity index (χ4n) is 2.90. The summed E-state index contributed by atoms with van der Waals surface area (Å²) in [7, 11) is 0. The number of carbonyl (C=O) groups excluding carboxylic acids is 1. The van der Waals surface area contributed by atoms with Crippen molar-refractivity contribution < 1.29 is 4.79 Å². The minimum Gasteiger partial charge on any atom is -0.289 e. The first-order chi connectivity index (χ1) is 13.1. The third-order valence-corrected chi connectivity index (χ3v) is 4.82. The Kier molecular flexibility index (Phi) is 4.69. The second kappa shape index (κ2) is 7.29.